The number of hydrogen-bond acceptors (Lipinski definition) is 6. The highest BCUT2D eigenvalue weighted by atomic mass is 16.6. The quantitative estimate of drug-likeness (QED) is 0.0261. The lowest BCUT2D eigenvalue weighted by Gasteiger charge is -2.18. The van der Waals surface area contributed by atoms with E-state index in [1.54, 1.807) is 6.08 Å². The molecule has 0 aliphatic carbocycles. The van der Waals surface area contributed by atoms with E-state index < -0.39 is 12.1 Å². The lowest BCUT2D eigenvalue weighted by Crippen LogP contribution is -2.30. The number of allylic oxidation sites excluding steroid dienone is 19. The number of rotatable bonds is 54. The molecule has 0 amide bonds. The van der Waals surface area contributed by atoms with Crippen LogP contribution >= 0.6 is 0 Å². The number of hydrogen-bond donors (Lipinski definition) is 0. The van der Waals surface area contributed by atoms with Gasteiger partial charge in [-0.3, -0.25) is 14.4 Å². The molecule has 74 heavy (non-hydrogen) atoms. The zero-order valence-corrected chi connectivity index (χ0v) is 48.1. The lowest BCUT2D eigenvalue weighted by atomic mass is 10.0. The third-order valence-electron chi connectivity index (χ3n) is 12.7. The van der Waals surface area contributed by atoms with E-state index in [1.165, 1.54) is 116 Å². The van der Waals surface area contributed by atoms with Crippen LogP contribution in [-0.4, -0.2) is 37.2 Å². The van der Waals surface area contributed by atoms with Gasteiger partial charge in [0.1, 0.15) is 13.2 Å². The number of ether oxygens (including phenoxy) is 3. The van der Waals surface area contributed by atoms with Crippen LogP contribution in [-0.2, 0) is 28.6 Å². The second-order valence-corrected chi connectivity index (χ2v) is 19.9. The number of carbonyl (C=O) groups is 3. The van der Waals surface area contributed by atoms with Gasteiger partial charge in [0.2, 0.25) is 0 Å². The molecule has 6 nitrogen and oxygen atoms in total. The zero-order chi connectivity index (χ0) is 53.6. The number of carbonyl (C=O) groups excluding carboxylic acids is 3. The van der Waals surface area contributed by atoms with Crippen molar-refractivity contribution in [2.24, 2.45) is 0 Å². The smallest absolute Gasteiger partial charge is 0.310 e. The van der Waals surface area contributed by atoms with Crippen LogP contribution in [0.5, 0.6) is 0 Å². The van der Waals surface area contributed by atoms with Crippen LogP contribution in [0.25, 0.3) is 0 Å². The topological polar surface area (TPSA) is 78.9 Å². The second-order valence-electron chi connectivity index (χ2n) is 19.9. The fourth-order valence-corrected chi connectivity index (χ4v) is 8.22. The molecular weight excluding hydrogens is 913 g/mol. The van der Waals surface area contributed by atoms with E-state index in [2.05, 4.69) is 130 Å². The average Bonchev–Trinajstić information content (AvgIpc) is 3.40. The molecule has 0 heterocycles. The molecular formula is C68H112O6. The molecule has 6 heteroatoms. The van der Waals surface area contributed by atoms with Crippen LogP contribution in [0.3, 0.4) is 0 Å². The highest BCUT2D eigenvalue weighted by Gasteiger charge is 2.19. The Morgan fingerprint density at radius 2 is 0.568 bits per heavy atom. The summed E-state index contributed by atoms with van der Waals surface area (Å²) in [4.78, 5) is 38.0. The van der Waals surface area contributed by atoms with Crippen molar-refractivity contribution >= 4 is 17.9 Å². The minimum Gasteiger partial charge on any atom is -0.462 e. The minimum absolute atomic E-state index is 0.0934. The highest BCUT2D eigenvalue weighted by Crippen LogP contribution is 2.16. The van der Waals surface area contributed by atoms with E-state index >= 15 is 0 Å². The van der Waals surface area contributed by atoms with Crippen LogP contribution < -0.4 is 0 Å². The van der Waals surface area contributed by atoms with Gasteiger partial charge in [0.05, 0.1) is 6.42 Å². The van der Waals surface area contributed by atoms with Gasteiger partial charge in [-0.15, -0.1) is 0 Å². The largest absolute Gasteiger partial charge is 0.462 e. The third-order valence-corrected chi connectivity index (χ3v) is 12.7. The van der Waals surface area contributed by atoms with Gasteiger partial charge in [-0.2, -0.15) is 0 Å². The first kappa shape index (κ1) is 69.8. The first-order valence-electron chi connectivity index (χ1n) is 30.5. The molecule has 0 bridgehead atoms. The van der Waals surface area contributed by atoms with Gasteiger partial charge in [0.15, 0.2) is 6.10 Å². The molecule has 0 N–H and O–H groups in total. The summed E-state index contributed by atoms with van der Waals surface area (Å²) in [7, 11) is 0. The summed E-state index contributed by atoms with van der Waals surface area (Å²) >= 11 is 0. The monoisotopic (exact) mass is 1020 g/mol. The Kier molecular flexibility index (Phi) is 57.9. The van der Waals surface area contributed by atoms with Crippen molar-refractivity contribution in [3.63, 3.8) is 0 Å². The maximum Gasteiger partial charge on any atom is 0.310 e. The predicted octanol–water partition coefficient (Wildman–Crippen LogP) is 20.8. The van der Waals surface area contributed by atoms with E-state index in [0.717, 1.165) is 116 Å². The van der Waals surface area contributed by atoms with Gasteiger partial charge in [-0.1, -0.05) is 271 Å². The molecule has 0 aliphatic heterocycles. The normalized spacial score (nSPS) is 13.0. The molecule has 0 aromatic carbocycles. The van der Waals surface area contributed by atoms with Crippen LogP contribution in [0.2, 0.25) is 0 Å². The maximum absolute atomic E-state index is 12.8. The van der Waals surface area contributed by atoms with E-state index in [4.69, 9.17) is 14.2 Å². The molecule has 0 spiro atoms. The third kappa shape index (κ3) is 58.7. The molecule has 0 saturated heterocycles. The Labute approximate surface area is 456 Å². The Bertz CT molecular complexity index is 1550. The highest BCUT2D eigenvalue weighted by molar-refractivity contribution is 5.72. The van der Waals surface area contributed by atoms with Crippen molar-refractivity contribution in [2.75, 3.05) is 13.2 Å². The van der Waals surface area contributed by atoms with Crippen molar-refractivity contribution < 1.29 is 28.6 Å². The summed E-state index contributed by atoms with van der Waals surface area (Å²) in [6.07, 6.45) is 85.4. The molecule has 0 saturated carbocycles. The van der Waals surface area contributed by atoms with Crippen molar-refractivity contribution in [3.8, 4) is 0 Å². The van der Waals surface area contributed by atoms with Crippen molar-refractivity contribution in [1.29, 1.82) is 0 Å². The Morgan fingerprint density at radius 3 is 0.905 bits per heavy atom. The SMILES string of the molecule is CC/C=C\C/C=C\C/C=C\C/C=C\C/C=C\CC(=O)OC(COC(=O)CCCCCCC/C=C\CCC)COC(=O)CCCCCCCCCCCCCCCCCCCC/C=C\C/C=C\C/C=C\C/C=C\CC. The molecule has 0 aromatic heterocycles. The predicted molar refractivity (Wildman–Crippen MR) is 320 cm³/mol. The van der Waals surface area contributed by atoms with Gasteiger partial charge in [-0.05, 0) is 103 Å². The molecule has 0 aromatic rings. The van der Waals surface area contributed by atoms with Crippen LogP contribution in [0.15, 0.2) is 122 Å². The lowest BCUT2D eigenvalue weighted by molar-refractivity contribution is -0.166. The molecule has 0 radical (unpaired) electrons. The Balaban J connectivity index is 4.19. The fraction of sp³-hybridized carbons (Fsp3) is 0.662. The van der Waals surface area contributed by atoms with Gasteiger partial charge in [0.25, 0.3) is 0 Å². The Hall–Kier alpha value is -4.19. The van der Waals surface area contributed by atoms with Crippen LogP contribution in [0.4, 0.5) is 0 Å². The van der Waals surface area contributed by atoms with Crippen molar-refractivity contribution in [3.05, 3.63) is 122 Å². The minimum atomic E-state index is -0.836. The average molecular weight is 1030 g/mol. The fourth-order valence-electron chi connectivity index (χ4n) is 8.22. The molecule has 0 aliphatic rings. The van der Waals surface area contributed by atoms with E-state index in [1.807, 2.05) is 6.08 Å². The van der Waals surface area contributed by atoms with Crippen LogP contribution in [0.1, 0.15) is 271 Å². The van der Waals surface area contributed by atoms with E-state index in [9.17, 15) is 14.4 Å². The number of unbranched alkanes of at least 4 members (excludes halogenated alkanes) is 24. The van der Waals surface area contributed by atoms with Gasteiger partial charge < -0.3 is 14.2 Å². The second kappa shape index (κ2) is 61.4. The zero-order valence-electron chi connectivity index (χ0n) is 48.1. The summed E-state index contributed by atoms with van der Waals surface area (Å²) in [5, 5.41) is 0. The maximum atomic E-state index is 12.8. The molecule has 1 atom stereocenters. The van der Waals surface area contributed by atoms with Gasteiger partial charge >= 0.3 is 17.9 Å². The summed E-state index contributed by atoms with van der Waals surface area (Å²) < 4.78 is 16.7. The first-order valence-corrected chi connectivity index (χ1v) is 30.5. The molecule has 420 valence electrons. The van der Waals surface area contributed by atoms with Gasteiger partial charge in [0, 0.05) is 12.8 Å². The van der Waals surface area contributed by atoms with Gasteiger partial charge in [-0.25, -0.2) is 0 Å². The standard InChI is InChI=1S/C68H112O6/c1-4-7-10-13-16-19-22-24-26-27-28-29-30-31-32-33-34-35-36-37-38-39-40-41-43-44-46-49-52-55-58-61-67(70)73-64-65(63-72-66(69)60-57-54-51-48-21-18-15-12-9-6-3)74-68(71)62-59-56-53-50-47-45-42-25-23-20-17-14-11-8-5-2/h7-8,10-12,15-17,19-20,24-26,28-29,42,47,50,56,59,65H,4-6,9,13-14,18,21-23,27,30-41,43-46,48-49,51-55,57-58,60-64H2,1-3H3/b10-7-,11-8-,15-12-,19-16-,20-17-,26-24-,29-28-,42-25-,50-47-,59-56-. The van der Waals surface area contributed by atoms with E-state index in [0.29, 0.717) is 12.8 Å². The van der Waals surface area contributed by atoms with Crippen molar-refractivity contribution in [2.45, 2.75) is 277 Å². The molecule has 0 rings (SSSR count). The summed E-state index contributed by atoms with van der Waals surface area (Å²) in [5.41, 5.74) is 0. The summed E-state index contributed by atoms with van der Waals surface area (Å²) in [6, 6.07) is 0. The summed E-state index contributed by atoms with van der Waals surface area (Å²) in [6.45, 7) is 6.26. The Morgan fingerprint density at radius 1 is 0.297 bits per heavy atom. The number of esters is 3. The van der Waals surface area contributed by atoms with E-state index in [-0.39, 0.29) is 31.6 Å². The molecule has 1 unspecified atom stereocenters. The molecule has 0 fully saturated rings. The summed E-state index contributed by atoms with van der Waals surface area (Å²) in [5.74, 6) is -1.06. The van der Waals surface area contributed by atoms with Crippen molar-refractivity contribution in [1.82, 2.24) is 0 Å². The van der Waals surface area contributed by atoms with Crippen LogP contribution in [0, 0.1) is 0 Å². The first-order chi connectivity index (χ1) is 36.5.